The van der Waals surface area contributed by atoms with Crippen molar-refractivity contribution in [2.24, 2.45) is 0 Å². The lowest BCUT2D eigenvalue weighted by atomic mass is 10.0. The van der Waals surface area contributed by atoms with Crippen LogP contribution in [0.3, 0.4) is 0 Å². The van der Waals surface area contributed by atoms with Crippen molar-refractivity contribution in [3.8, 4) is 0 Å². The van der Waals surface area contributed by atoms with Crippen LogP contribution in [-0.4, -0.2) is 35.1 Å². The number of carboxylic acid groups (broad SMARTS) is 1. The van der Waals surface area contributed by atoms with E-state index >= 15 is 0 Å². The van der Waals surface area contributed by atoms with Crippen LogP contribution in [0, 0.1) is 0 Å². The molecule has 0 aromatic rings. The molecular formula is C43H87NO2. The Hall–Kier alpha value is -0.570. The number of carbonyl (C=O) groups is 1. The summed E-state index contributed by atoms with van der Waals surface area (Å²) in [5, 5.41) is 9.48. The fraction of sp³-hybridized carbons (Fsp3) is 0.977. The maximum atomic E-state index is 11.5. The molecule has 1 atom stereocenters. The van der Waals surface area contributed by atoms with Gasteiger partial charge in [-0.1, -0.05) is 226 Å². The monoisotopic (exact) mass is 650 g/mol. The Morgan fingerprint density at radius 3 is 0.804 bits per heavy atom. The molecule has 276 valence electrons. The van der Waals surface area contributed by atoms with Gasteiger partial charge >= 0.3 is 5.97 Å². The second-order valence-electron chi connectivity index (χ2n) is 15.0. The zero-order valence-corrected chi connectivity index (χ0v) is 32.3. The molecule has 1 unspecified atom stereocenters. The maximum Gasteiger partial charge on any atom is 0.304 e. The molecule has 3 heteroatoms. The third kappa shape index (κ3) is 34.8. The minimum Gasteiger partial charge on any atom is -0.481 e. The number of nitrogens with zero attached hydrogens (tertiary/aromatic N) is 1. The first kappa shape index (κ1) is 45.4. The first-order chi connectivity index (χ1) is 22.7. The van der Waals surface area contributed by atoms with Gasteiger partial charge in [0.15, 0.2) is 0 Å². The molecule has 0 aromatic heterocycles. The molecule has 0 bridgehead atoms. The highest BCUT2D eigenvalue weighted by molar-refractivity contribution is 5.67. The van der Waals surface area contributed by atoms with Crippen LogP contribution >= 0.6 is 0 Å². The standard InChI is InChI=1S/C43H87NO2/c1-4-7-9-11-13-15-17-19-21-23-25-27-29-31-33-35-37-39-44(42(6-3)41-43(45)46)40-38-36-34-32-30-28-26-24-22-20-18-16-14-12-10-8-5-2/h42H,4-41H2,1-3H3,(H,45,46). The lowest BCUT2D eigenvalue weighted by Gasteiger charge is -2.30. The van der Waals surface area contributed by atoms with Crippen LogP contribution in [0.5, 0.6) is 0 Å². The summed E-state index contributed by atoms with van der Waals surface area (Å²) in [5.41, 5.74) is 0. The van der Waals surface area contributed by atoms with Crippen molar-refractivity contribution in [3.63, 3.8) is 0 Å². The fourth-order valence-corrected chi connectivity index (χ4v) is 7.29. The van der Waals surface area contributed by atoms with Crippen molar-refractivity contribution in [2.75, 3.05) is 13.1 Å². The summed E-state index contributed by atoms with van der Waals surface area (Å²) in [6.45, 7) is 8.94. The quantitative estimate of drug-likeness (QED) is 0.0671. The van der Waals surface area contributed by atoms with Crippen LogP contribution in [0.15, 0.2) is 0 Å². The number of hydrogen-bond donors (Lipinski definition) is 1. The number of unbranched alkanes of at least 4 members (excludes halogenated alkanes) is 32. The van der Waals surface area contributed by atoms with Crippen molar-refractivity contribution in [1.82, 2.24) is 4.90 Å². The molecule has 1 N–H and O–H groups in total. The van der Waals surface area contributed by atoms with E-state index in [1.54, 1.807) is 0 Å². The topological polar surface area (TPSA) is 40.5 Å². The van der Waals surface area contributed by atoms with Crippen LogP contribution in [0.25, 0.3) is 0 Å². The summed E-state index contributed by atoms with van der Waals surface area (Å²) in [6.07, 6.45) is 49.0. The zero-order valence-electron chi connectivity index (χ0n) is 32.3. The van der Waals surface area contributed by atoms with Crippen LogP contribution < -0.4 is 0 Å². The summed E-state index contributed by atoms with van der Waals surface area (Å²) < 4.78 is 0. The summed E-state index contributed by atoms with van der Waals surface area (Å²) in [6, 6.07) is 0.208. The Bertz CT molecular complexity index is 541. The second kappa shape index (κ2) is 38.9. The molecule has 0 aliphatic rings. The van der Waals surface area contributed by atoms with Gasteiger partial charge in [0, 0.05) is 6.04 Å². The molecule has 0 amide bonds. The van der Waals surface area contributed by atoms with Gasteiger partial charge in [-0.15, -0.1) is 0 Å². The molecule has 0 aliphatic carbocycles. The average Bonchev–Trinajstić information content (AvgIpc) is 3.05. The van der Waals surface area contributed by atoms with E-state index in [0.717, 1.165) is 19.5 Å². The molecule has 0 rings (SSSR count). The van der Waals surface area contributed by atoms with Gasteiger partial charge in [0.25, 0.3) is 0 Å². The second-order valence-corrected chi connectivity index (χ2v) is 15.0. The largest absolute Gasteiger partial charge is 0.481 e. The summed E-state index contributed by atoms with van der Waals surface area (Å²) in [4.78, 5) is 14.0. The number of rotatable bonds is 40. The highest BCUT2D eigenvalue weighted by Gasteiger charge is 2.19. The van der Waals surface area contributed by atoms with E-state index in [4.69, 9.17) is 0 Å². The molecule has 46 heavy (non-hydrogen) atoms. The van der Waals surface area contributed by atoms with Gasteiger partial charge in [-0.3, -0.25) is 9.69 Å². The third-order valence-corrected chi connectivity index (χ3v) is 10.5. The predicted molar refractivity (Wildman–Crippen MR) is 206 cm³/mol. The van der Waals surface area contributed by atoms with Crippen molar-refractivity contribution >= 4 is 5.97 Å². The molecule has 0 saturated heterocycles. The smallest absolute Gasteiger partial charge is 0.304 e. The SMILES string of the molecule is CCCCCCCCCCCCCCCCCCCN(CCCCCCCCCCCCCCCCCCC)C(CC)CC(=O)O. The molecule has 0 aliphatic heterocycles. The lowest BCUT2D eigenvalue weighted by molar-refractivity contribution is -0.138. The van der Waals surface area contributed by atoms with Gasteiger partial charge in [0.1, 0.15) is 0 Å². The lowest BCUT2D eigenvalue weighted by Crippen LogP contribution is -2.38. The Balaban J connectivity index is 3.76. The third-order valence-electron chi connectivity index (χ3n) is 10.5. The van der Waals surface area contributed by atoms with Crippen molar-refractivity contribution in [1.29, 1.82) is 0 Å². The molecule has 3 nitrogen and oxygen atoms in total. The molecule has 0 radical (unpaired) electrons. The highest BCUT2D eigenvalue weighted by Crippen LogP contribution is 2.18. The van der Waals surface area contributed by atoms with Crippen LogP contribution in [-0.2, 0) is 4.79 Å². The molecule has 0 fully saturated rings. The fourth-order valence-electron chi connectivity index (χ4n) is 7.29. The maximum absolute atomic E-state index is 11.5. The zero-order chi connectivity index (χ0) is 33.6. The summed E-state index contributed by atoms with van der Waals surface area (Å²) >= 11 is 0. The van der Waals surface area contributed by atoms with E-state index in [2.05, 4.69) is 25.7 Å². The van der Waals surface area contributed by atoms with E-state index in [1.807, 2.05) is 0 Å². The first-order valence-corrected chi connectivity index (χ1v) is 21.6. The minimum absolute atomic E-state index is 0.208. The van der Waals surface area contributed by atoms with Gasteiger partial charge in [0.05, 0.1) is 6.42 Å². The van der Waals surface area contributed by atoms with Crippen molar-refractivity contribution in [2.45, 2.75) is 258 Å². The molecular weight excluding hydrogens is 562 g/mol. The van der Waals surface area contributed by atoms with Crippen molar-refractivity contribution < 1.29 is 9.90 Å². The summed E-state index contributed by atoms with van der Waals surface area (Å²) in [7, 11) is 0. The Morgan fingerprint density at radius 1 is 0.391 bits per heavy atom. The van der Waals surface area contributed by atoms with E-state index in [0.29, 0.717) is 6.42 Å². The number of hydrogen-bond acceptors (Lipinski definition) is 2. The predicted octanol–water partition coefficient (Wildman–Crippen LogP) is 14.8. The van der Waals surface area contributed by atoms with E-state index in [-0.39, 0.29) is 6.04 Å². The Morgan fingerprint density at radius 2 is 0.609 bits per heavy atom. The Labute approximate surface area is 291 Å². The van der Waals surface area contributed by atoms with Crippen molar-refractivity contribution in [3.05, 3.63) is 0 Å². The molecule has 0 saturated carbocycles. The highest BCUT2D eigenvalue weighted by atomic mass is 16.4. The van der Waals surface area contributed by atoms with Gasteiger partial charge < -0.3 is 5.11 Å². The minimum atomic E-state index is -0.637. The molecule has 0 heterocycles. The average molecular weight is 650 g/mol. The van der Waals surface area contributed by atoms with Gasteiger partial charge in [0.2, 0.25) is 0 Å². The Kier molecular flexibility index (Phi) is 38.4. The van der Waals surface area contributed by atoms with Crippen LogP contribution in [0.4, 0.5) is 0 Å². The van der Waals surface area contributed by atoms with Gasteiger partial charge in [-0.05, 0) is 32.4 Å². The van der Waals surface area contributed by atoms with E-state index < -0.39 is 5.97 Å². The molecule has 0 spiro atoms. The number of carboxylic acids is 1. The van der Waals surface area contributed by atoms with Crippen LogP contribution in [0.1, 0.15) is 252 Å². The molecule has 0 aromatic carbocycles. The first-order valence-electron chi connectivity index (χ1n) is 21.6. The summed E-state index contributed by atoms with van der Waals surface area (Å²) in [5.74, 6) is -0.637. The van der Waals surface area contributed by atoms with Gasteiger partial charge in [-0.2, -0.15) is 0 Å². The van der Waals surface area contributed by atoms with E-state index in [9.17, 15) is 9.90 Å². The number of aliphatic carboxylic acids is 1. The van der Waals surface area contributed by atoms with E-state index in [1.165, 1.54) is 218 Å². The van der Waals surface area contributed by atoms with Crippen LogP contribution in [0.2, 0.25) is 0 Å². The van der Waals surface area contributed by atoms with Gasteiger partial charge in [-0.25, -0.2) is 0 Å². The normalized spacial score (nSPS) is 12.3.